The van der Waals surface area contributed by atoms with Gasteiger partial charge in [0.25, 0.3) is 11.8 Å². The summed E-state index contributed by atoms with van der Waals surface area (Å²) in [6.07, 6.45) is 7.41. The summed E-state index contributed by atoms with van der Waals surface area (Å²) in [5.74, 6) is 1.03. The number of fused-ring (bicyclic) bond motifs is 1. The minimum absolute atomic E-state index is 0.104. The number of amides is 2. The Kier molecular flexibility index (Phi) is 6.85. The first-order chi connectivity index (χ1) is 19.1. The molecule has 0 radical (unpaired) electrons. The molecule has 8 heteroatoms. The lowest BCUT2D eigenvalue weighted by molar-refractivity contribution is 0.0713. The first-order valence-electron chi connectivity index (χ1n) is 12.9. The van der Waals surface area contributed by atoms with Crippen LogP contribution in [0.3, 0.4) is 0 Å². The van der Waals surface area contributed by atoms with Gasteiger partial charge in [-0.3, -0.25) is 14.6 Å². The second-order valence-corrected chi connectivity index (χ2v) is 10.6. The van der Waals surface area contributed by atoms with Gasteiger partial charge >= 0.3 is 0 Å². The smallest absolute Gasteiger partial charge is 0.257 e. The van der Waals surface area contributed by atoms with Gasteiger partial charge in [-0.15, -0.1) is 11.3 Å². The maximum atomic E-state index is 13.2. The average molecular weight is 537 g/mol. The third kappa shape index (κ3) is 5.15. The number of carbonyl (C=O) groups excluding carboxylic acids is 2. The van der Waals surface area contributed by atoms with Crippen LogP contribution in [-0.2, 0) is 0 Å². The summed E-state index contributed by atoms with van der Waals surface area (Å²) in [7, 11) is 1.62. The quantitative estimate of drug-likeness (QED) is 0.275. The summed E-state index contributed by atoms with van der Waals surface area (Å²) in [4.78, 5) is 33.6. The summed E-state index contributed by atoms with van der Waals surface area (Å²) in [5, 5.41) is 5.03. The number of anilines is 1. The maximum absolute atomic E-state index is 13.2. The number of thiazole rings is 1. The summed E-state index contributed by atoms with van der Waals surface area (Å²) in [6.45, 7) is 1.47. The Morgan fingerprint density at radius 2 is 1.79 bits per heavy atom. The van der Waals surface area contributed by atoms with Gasteiger partial charge < -0.3 is 19.4 Å². The molecule has 2 aromatic carbocycles. The molecular weight excluding hydrogens is 508 g/mol. The highest BCUT2D eigenvalue weighted by Crippen LogP contribution is 2.30. The maximum Gasteiger partial charge on any atom is 0.257 e. The average Bonchev–Trinajstić information content (AvgIpc) is 3.60. The molecule has 7 nitrogen and oxygen atoms in total. The van der Waals surface area contributed by atoms with Crippen molar-refractivity contribution in [2.75, 3.05) is 25.5 Å². The lowest BCUT2D eigenvalue weighted by Gasteiger charge is -2.32. The molecule has 1 aliphatic heterocycles. The fraction of sp³-hybridized carbons (Fsp3) is 0.194. The Morgan fingerprint density at radius 1 is 1.03 bits per heavy atom. The standard InChI is InChI=1S/C31H28N4O3S/c1-38-26-10-6-23(7-11-26)29-27(3-2-14-32-29)30(36)33-25-8-4-21(5-9-25)22-12-15-34(16-13-22)31(37)24-19-28-35(20-24)17-18-39-28/h2-11,14,17-20,22H,12-13,15-16H2,1H3,(H,33,36). The van der Waals surface area contributed by atoms with Crippen LogP contribution in [0.4, 0.5) is 5.69 Å². The molecule has 0 atom stereocenters. The van der Waals surface area contributed by atoms with E-state index in [4.69, 9.17) is 4.74 Å². The van der Waals surface area contributed by atoms with E-state index in [0.29, 0.717) is 17.2 Å². The van der Waals surface area contributed by atoms with Crippen molar-refractivity contribution < 1.29 is 14.3 Å². The third-order valence-corrected chi connectivity index (χ3v) is 8.13. The van der Waals surface area contributed by atoms with Crippen LogP contribution in [0.1, 0.15) is 45.0 Å². The molecule has 196 valence electrons. The second kappa shape index (κ2) is 10.7. The highest BCUT2D eigenvalue weighted by Gasteiger charge is 2.25. The fourth-order valence-electron chi connectivity index (χ4n) is 5.16. The van der Waals surface area contributed by atoms with Crippen molar-refractivity contribution >= 4 is 33.7 Å². The summed E-state index contributed by atoms with van der Waals surface area (Å²) >= 11 is 1.63. The Morgan fingerprint density at radius 3 is 2.51 bits per heavy atom. The van der Waals surface area contributed by atoms with Crippen LogP contribution < -0.4 is 10.1 Å². The molecular formula is C31H28N4O3S. The van der Waals surface area contributed by atoms with Crippen LogP contribution in [0.15, 0.2) is 90.7 Å². The topological polar surface area (TPSA) is 75.9 Å². The molecule has 0 aliphatic carbocycles. The largest absolute Gasteiger partial charge is 0.497 e. The Hall–Kier alpha value is -4.43. The third-order valence-electron chi connectivity index (χ3n) is 7.31. The number of methoxy groups -OCH3 is 1. The highest BCUT2D eigenvalue weighted by molar-refractivity contribution is 7.15. The van der Waals surface area contributed by atoms with E-state index in [0.717, 1.165) is 53.3 Å². The minimum Gasteiger partial charge on any atom is -0.497 e. The van der Waals surface area contributed by atoms with Crippen molar-refractivity contribution in [1.29, 1.82) is 0 Å². The molecule has 0 bridgehead atoms. The van der Waals surface area contributed by atoms with Crippen molar-refractivity contribution in [3.8, 4) is 17.0 Å². The van der Waals surface area contributed by atoms with Gasteiger partial charge in [0.05, 0.1) is 28.8 Å². The monoisotopic (exact) mass is 536 g/mol. The zero-order chi connectivity index (χ0) is 26.8. The first kappa shape index (κ1) is 24.9. The van der Waals surface area contributed by atoms with Gasteiger partial charge in [-0.25, -0.2) is 0 Å². The summed E-state index contributed by atoms with van der Waals surface area (Å²) in [5.41, 5.74) is 4.68. The summed E-state index contributed by atoms with van der Waals surface area (Å²) < 4.78 is 7.24. The zero-order valence-electron chi connectivity index (χ0n) is 21.5. The number of benzene rings is 2. The lowest BCUT2D eigenvalue weighted by atomic mass is 9.89. The predicted molar refractivity (Wildman–Crippen MR) is 154 cm³/mol. The van der Waals surface area contributed by atoms with E-state index < -0.39 is 0 Å². The van der Waals surface area contributed by atoms with Crippen LogP contribution in [-0.4, -0.2) is 46.3 Å². The van der Waals surface area contributed by atoms with E-state index in [-0.39, 0.29) is 11.8 Å². The Bertz CT molecular complexity index is 1590. The number of piperidine rings is 1. The van der Waals surface area contributed by atoms with Crippen molar-refractivity contribution in [3.63, 3.8) is 0 Å². The van der Waals surface area contributed by atoms with Gasteiger partial charge in [0.15, 0.2) is 0 Å². The summed E-state index contributed by atoms with van der Waals surface area (Å²) in [6, 6.07) is 21.1. The number of aromatic nitrogens is 2. The molecule has 0 spiro atoms. The van der Waals surface area contributed by atoms with E-state index in [1.165, 1.54) is 5.56 Å². The van der Waals surface area contributed by atoms with Crippen molar-refractivity contribution in [1.82, 2.24) is 14.3 Å². The van der Waals surface area contributed by atoms with Crippen molar-refractivity contribution in [3.05, 3.63) is 107 Å². The number of nitrogens with one attached hydrogen (secondary N) is 1. The van der Waals surface area contributed by atoms with Crippen LogP contribution in [0.25, 0.3) is 16.1 Å². The lowest BCUT2D eigenvalue weighted by Crippen LogP contribution is -2.37. The number of pyridine rings is 1. The molecule has 2 amide bonds. The Balaban J connectivity index is 1.08. The van der Waals surface area contributed by atoms with Crippen LogP contribution in [0.2, 0.25) is 0 Å². The van der Waals surface area contributed by atoms with E-state index >= 15 is 0 Å². The van der Waals surface area contributed by atoms with E-state index in [1.807, 2.05) is 69.5 Å². The van der Waals surface area contributed by atoms with Crippen LogP contribution >= 0.6 is 11.3 Å². The molecule has 1 fully saturated rings. The molecule has 1 N–H and O–H groups in total. The van der Waals surface area contributed by atoms with Crippen LogP contribution in [0.5, 0.6) is 5.75 Å². The first-order valence-corrected chi connectivity index (χ1v) is 13.8. The number of carbonyl (C=O) groups is 2. The normalized spacial score (nSPS) is 13.9. The van der Waals surface area contributed by atoms with Gasteiger partial charge in [-0.2, -0.15) is 0 Å². The molecule has 39 heavy (non-hydrogen) atoms. The molecule has 0 saturated carbocycles. The SMILES string of the molecule is COc1ccc(-c2ncccc2C(=O)Nc2ccc(C3CCN(C(=O)c4cc5sccn5c4)CC3)cc2)cc1. The van der Waals surface area contributed by atoms with E-state index in [9.17, 15) is 9.59 Å². The number of ether oxygens (including phenoxy) is 1. The van der Waals surface area contributed by atoms with Gasteiger partial charge in [-0.1, -0.05) is 12.1 Å². The molecule has 0 unspecified atom stereocenters. The van der Waals surface area contributed by atoms with E-state index in [2.05, 4.69) is 22.4 Å². The number of likely N-dealkylation sites (tertiary alicyclic amines) is 1. The minimum atomic E-state index is -0.209. The number of nitrogens with zero attached hydrogens (tertiary/aromatic N) is 3. The van der Waals surface area contributed by atoms with Crippen molar-refractivity contribution in [2.24, 2.45) is 0 Å². The molecule has 4 heterocycles. The van der Waals surface area contributed by atoms with Crippen molar-refractivity contribution in [2.45, 2.75) is 18.8 Å². The van der Waals surface area contributed by atoms with Gasteiger partial charge in [-0.05, 0) is 78.9 Å². The number of hydrogen-bond donors (Lipinski definition) is 1. The van der Waals surface area contributed by atoms with Crippen LogP contribution in [0, 0.1) is 0 Å². The molecule has 1 saturated heterocycles. The predicted octanol–water partition coefficient (Wildman–Crippen LogP) is 6.34. The molecule has 1 aliphatic rings. The zero-order valence-corrected chi connectivity index (χ0v) is 22.4. The molecule has 6 rings (SSSR count). The fourth-order valence-corrected chi connectivity index (χ4v) is 5.92. The van der Waals surface area contributed by atoms with Gasteiger partial charge in [0.1, 0.15) is 5.75 Å². The second-order valence-electron chi connectivity index (χ2n) is 9.65. The highest BCUT2D eigenvalue weighted by atomic mass is 32.1. The molecule has 3 aromatic heterocycles. The number of hydrogen-bond acceptors (Lipinski definition) is 5. The molecule has 5 aromatic rings. The van der Waals surface area contributed by atoms with Gasteiger partial charge in [0, 0.05) is 48.3 Å². The van der Waals surface area contributed by atoms with Gasteiger partial charge in [0.2, 0.25) is 0 Å². The van der Waals surface area contributed by atoms with E-state index in [1.54, 1.807) is 36.8 Å². The Labute approximate surface area is 230 Å². The number of rotatable bonds is 6.